The molecular formula is C18H18N4O6. The zero-order valence-electron chi connectivity index (χ0n) is 15.3. The molecule has 0 spiro atoms. The van der Waals surface area contributed by atoms with Crippen LogP contribution >= 0.6 is 0 Å². The summed E-state index contributed by atoms with van der Waals surface area (Å²) in [5.74, 6) is 0.512. The van der Waals surface area contributed by atoms with Gasteiger partial charge >= 0.3 is 11.7 Å². The molecule has 146 valence electrons. The number of hydrogen-bond acceptors (Lipinski definition) is 7. The molecule has 1 aromatic carbocycles. The average molecular weight is 386 g/mol. The van der Waals surface area contributed by atoms with Gasteiger partial charge in [-0.3, -0.25) is 13.9 Å². The maximum atomic E-state index is 12.4. The van der Waals surface area contributed by atoms with E-state index in [2.05, 4.69) is 4.98 Å². The first kappa shape index (κ1) is 17.8. The smallest absolute Gasteiger partial charge is 0.351 e. The fourth-order valence-electron chi connectivity index (χ4n) is 3.04. The second-order valence-corrected chi connectivity index (χ2v) is 6.35. The summed E-state index contributed by atoms with van der Waals surface area (Å²) in [5.41, 5.74) is -0.363. The van der Waals surface area contributed by atoms with E-state index < -0.39 is 23.3 Å². The molecule has 10 heteroatoms. The van der Waals surface area contributed by atoms with Gasteiger partial charge in [0, 0.05) is 14.1 Å². The average Bonchev–Trinajstić information content (AvgIpc) is 3.14. The largest absolute Gasteiger partial charge is 0.485 e. The lowest BCUT2D eigenvalue weighted by atomic mass is 10.2. The standard InChI is InChI=1S/C18H18N4O6/c1-20-15-14(16(23)21(2)18(20)25)22(10-19-15)7-8-26-17(24)13-9-27-11-5-3-4-6-12(11)28-13/h3-6,10,13H,7-9H2,1-2H3. The summed E-state index contributed by atoms with van der Waals surface area (Å²) in [7, 11) is 2.94. The van der Waals surface area contributed by atoms with Crippen molar-refractivity contribution in [2.75, 3.05) is 13.2 Å². The molecule has 3 heterocycles. The molecule has 0 radical (unpaired) electrons. The first-order valence-electron chi connectivity index (χ1n) is 8.63. The molecule has 10 nitrogen and oxygen atoms in total. The maximum Gasteiger partial charge on any atom is 0.351 e. The van der Waals surface area contributed by atoms with Gasteiger partial charge in [0.25, 0.3) is 5.56 Å². The SMILES string of the molecule is Cn1c(=O)c2c(ncn2CCOC(=O)C2COc3ccccc3O2)n(C)c1=O. The number of imidazole rings is 1. The molecule has 1 aliphatic heterocycles. The van der Waals surface area contributed by atoms with E-state index in [1.807, 2.05) is 6.07 Å². The zero-order chi connectivity index (χ0) is 19.8. The van der Waals surface area contributed by atoms with E-state index in [-0.39, 0.29) is 30.9 Å². The third kappa shape index (κ3) is 2.92. The topological polar surface area (TPSA) is 107 Å². The van der Waals surface area contributed by atoms with Crippen LogP contribution in [0.1, 0.15) is 0 Å². The molecule has 2 aromatic heterocycles. The van der Waals surface area contributed by atoms with Gasteiger partial charge < -0.3 is 18.8 Å². The van der Waals surface area contributed by atoms with E-state index in [0.29, 0.717) is 11.5 Å². The highest BCUT2D eigenvalue weighted by Gasteiger charge is 2.28. The van der Waals surface area contributed by atoms with Crippen LogP contribution < -0.4 is 20.7 Å². The molecule has 0 N–H and O–H groups in total. The van der Waals surface area contributed by atoms with Crippen molar-refractivity contribution in [2.45, 2.75) is 12.6 Å². The van der Waals surface area contributed by atoms with Crippen molar-refractivity contribution >= 4 is 17.1 Å². The Morgan fingerprint density at radius 1 is 1.21 bits per heavy atom. The van der Waals surface area contributed by atoms with Gasteiger partial charge in [-0.05, 0) is 12.1 Å². The predicted octanol–water partition coefficient (Wildman–Crippen LogP) is -0.183. The van der Waals surface area contributed by atoms with Gasteiger partial charge in [-0.2, -0.15) is 0 Å². The number of aromatic nitrogens is 4. The lowest BCUT2D eigenvalue weighted by Crippen LogP contribution is -2.38. The van der Waals surface area contributed by atoms with Gasteiger partial charge in [-0.25, -0.2) is 14.6 Å². The summed E-state index contributed by atoms with van der Waals surface area (Å²) in [5, 5.41) is 0. The molecule has 3 aromatic rings. The Morgan fingerprint density at radius 3 is 2.75 bits per heavy atom. The normalized spacial score (nSPS) is 15.6. The summed E-state index contributed by atoms with van der Waals surface area (Å²) >= 11 is 0. The van der Waals surface area contributed by atoms with Crippen molar-refractivity contribution in [3.8, 4) is 11.5 Å². The van der Waals surface area contributed by atoms with Gasteiger partial charge in [-0.1, -0.05) is 12.1 Å². The number of hydrogen-bond donors (Lipinski definition) is 0. The molecule has 28 heavy (non-hydrogen) atoms. The Kier molecular flexibility index (Phi) is 4.38. The lowest BCUT2D eigenvalue weighted by molar-refractivity contribution is -0.154. The predicted molar refractivity (Wildman–Crippen MR) is 97.5 cm³/mol. The van der Waals surface area contributed by atoms with Crippen molar-refractivity contribution < 1.29 is 19.0 Å². The lowest BCUT2D eigenvalue weighted by Gasteiger charge is -2.24. The molecule has 1 unspecified atom stereocenters. The summed E-state index contributed by atoms with van der Waals surface area (Å²) < 4.78 is 20.2. The van der Waals surface area contributed by atoms with Crippen LogP contribution in [0.15, 0.2) is 40.2 Å². The van der Waals surface area contributed by atoms with Crippen molar-refractivity contribution in [2.24, 2.45) is 14.1 Å². The molecule has 0 saturated heterocycles. The molecule has 0 aliphatic carbocycles. The van der Waals surface area contributed by atoms with Crippen molar-refractivity contribution in [1.82, 2.24) is 18.7 Å². The second kappa shape index (κ2) is 6.87. The molecule has 1 aliphatic rings. The van der Waals surface area contributed by atoms with Crippen molar-refractivity contribution in [3.63, 3.8) is 0 Å². The third-order valence-corrected chi connectivity index (χ3v) is 4.57. The maximum absolute atomic E-state index is 12.4. The van der Waals surface area contributed by atoms with E-state index in [9.17, 15) is 14.4 Å². The van der Waals surface area contributed by atoms with Gasteiger partial charge in [0.05, 0.1) is 12.9 Å². The summed E-state index contributed by atoms with van der Waals surface area (Å²) in [6.45, 7) is 0.282. The van der Waals surface area contributed by atoms with Gasteiger partial charge in [0.1, 0.15) is 13.2 Å². The fourth-order valence-corrected chi connectivity index (χ4v) is 3.04. The van der Waals surface area contributed by atoms with Gasteiger partial charge in [-0.15, -0.1) is 0 Å². The van der Waals surface area contributed by atoms with E-state index in [0.717, 1.165) is 4.57 Å². The first-order valence-corrected chi connectivity index (χ1v) is 8.63. The van der Waals surface area contributed by atoms with Crippen LogP contribution in [0.5, 0.6) is 11.5 Å². The molecule has 0 saturated carbocycles. The Balaban J connectivity index is 1.44. The number of carbonyl (C=O) groups excluding carboxylic acids is 1. The Hall–Kier alpha value is -3.56. The number of rotatable bonds is 4. The van der Waals surface area contributed by atoms with Gasteiger partial charge in [0.2, 0.25) is 6.10 Å². The monoisotopic (exact) mass is 386 g/mol. The number of carbonyl (C=O) groups is 1. The highest BCUT2D eigenvalue weighted by atomic mass is 16.6. The number of para-hydroxylation sites is 2. The highest BCUT2D eigenvalue weighted by molar-refractivity contribution is 5.76. The summed E-state index contributed by atoms with van der Waals surface area (Å²) in [6.07, 6.45) is 0.582. The first-order chi connectivity index (χ1) is 13.5. The van der Waals surface area contributed by atoms with Crippen molar-refractivity contribution in [1.29, 1.82) is 0 Å². The molecule has 0 bridgehead atoms. The van der Waals surface area contributed by atoms with E-state index in [1.54, 1.807) is 29.8 Å². The number of fused-ring (bicyclic) bond motifs is 2. The molecule has 0 fully saturated rings. The summed E-state index contributed by atoms with van der Waals surface area (Å²) in [4.78, 5) is 40.7. The number of ether oxygens (including phenoxy) is 3. The van der Waals surface area contributed by atoms with Crippen LogP contribution in [-0.2, 0) is 30.2 Å². The van der Waals surface area contributed by atoms with E-state index in [4.69, 9.17) is 14.2 Å². The minimum atomic E-state index is -0.858. The Labute approximate surface area is 158 Å². The van der Waals surface area contributed by atoms with Crippen LogP contribution in [0.4, 0.5) is 0 Å². The van der Waals surface area contributed by atoms with Gasteiger partial charge in [0.15, 0.2) is 22.7 Å². The van der Waals surface area contributed by atoms with Crippen LogP contribution in [0, 0.1) is 0 Å². The second-order valence-electron chi connectivity index (χ2n) is 6.35. The van der Waals surface area contributed by atoms with E-state index >= 15 is 0 Å². The molecule has 1 atom stereocenters. The van der Waals surface area contributed by atoms with Crippen molar-refractivity contribution in [3.05, 3.63) is 51.4 Å². The quantitative estimate of drug-likeness (QED) is 0.573. The Morgan fingerprint density at radius 2 is 1.96 bits per heavy atom. The van der Waals surface area contributed by atoms with Crippen LogP contribution in [0.2, 0.25) is 0 Å². The minimum Gasteiger partial charge on any atom is -0.485 e. The minimum absolute atomic E-state index is 0.0117. The molecule has 0 amide bonds. The Bertz CT molecular complexity index is 1180. The molecular weight excluding hydrogens is 368 g/mol. The summed E-state index contributed by atoms with van der Waals surface area (Å²) in [6, 6.07) is 7.07. The number of aryl methyl sites for hydroxylation is 1. The highest BCUT2D eigenvalue weighted by Crippen LogP contribution is 2.31. The number of esters is 1. The number of benzene rings is 1. The van der Waals surface area contributed by atoms with Crippen LogP contribution in [0.25, 0.3) is 11.2 Å². The number of nitrogens with zero attached hydrogens (tertiary/aromatic N) is 4. The van der Waals surface area contributed by atoms with E-state index in [1.165, 1.54) is 17.9 Å². The zero-order valence-corrected chi connectivity index (χ0v) is 15.3. The third-order valence-electron chi connectivity index (χ3n) is 4.57. The fraction of sp³-hybridized carbons (Fsp3) is 0.333. The van der Waals surface area contributed by atoms with Crippen LogP contribution in [-0.4, -0.2) is 44.0 Å². The molecule has 4 rings (SSSR count). The van der Waals surface area contributed by atoms with Crippen LogP contribution in [0.3, 0.4) is 0 Å².